The lowest BCUT2D eigenvalue weighted by atomic mass is 10.1. The molecule has 0 fully saturated rings. The first kappa shape index (κ1) is 17.0. The summed E-state index contributed by atoms with van der Waals surface area (Å²) < 4.78 is 1.82. The van der Waals surface area contributed by atoms with Crippen LogP contribution in [0, 0.1) is 0 Å². The van der Waals surface area contributed by atoms with Gasteiger partial charge in [-0.3, -0.25) is 9.36 Å². The van der Waals surface area contributed by atoms with Crippen LogP contribution in [0.2, 0.25) is 5.02 Å². The highest BCUT2D eigenvalue weighted by atomic mass is 35.5. The van der Waals surface area contributed by atoms with Gasteiger partial charge in [-0.1, -0.05) is 54.1 Å². The van der Waals surface area contributed by atoms with E-state index in [1.54, 1.807) is 0 Å². The van der Waals surface area contributed by atoms with Crippen molar-refractivity contribution in [2.24, 2.45) is 0 Å². The fraction of sp³-hybridized carbons (Fsp3) is 0.130. The van der Waals surface area contributed by atoms with E-state index >= 15 is 0 Å². The van der Waals surface area contributed by atoms with Crippen molar-refractivity contribution < 1.29 is 0 Å². The Morgan fingerprint density at radius 1 is 0.893 bits per heavy atom. The van der Waals surface area contributed by atoms with Crippen molar-refractivity contribution in [1.29, 1.82) is 0 Å². The third-order valence-electron chi connectivity index (χ3n) is 5.36. The zero-order valence-corrected chi connectivity index (χ0v) is 16.0. The monoisotopic (exact) mass is 387 g/mol. The van der Waals surface area contributed by atoms with Gasteiger partial charge in [0.25, 0.3) is 5.56 Å². The number of rotatable bonds is 2. The maximum Gasteiger partial charge on any atom is 0.263 e. The van der Waals surface area contributed by atoms with Gasteiger partial charge in [0.1, 0.15) is 12.0 Å². The smallest absolute Gasteiger partial charge is 0.263 e. The average molecular weight is 388 g/mol. The summed E-state index contributed by atoms with van der Waals surface area (Å²) in [6.07, 6.45) is -0.283. The highest BCUT2D eigenvalue weighted by molar-refractivity contribution is 6.30. The third kappa shape index (κ3) is 2.53. The summed E-state index contributed by atoms with van der Waals surface area (Å²) in [7, 11) is 0. The molecule has 1 aliphatic rings. The van der Waals surface area contributed by atoms with E-state index in [4.69, 9.17) is 16.6 Å². The molecule has 0 N–H and O–H groups in total. The normalized spacial score (nSPS) is 18.4. The maximum absolute atomic E-state index is 13.5. The van der Waals surface area contributed by atoms with Gasteiger partial charge in [-0.2, -0.15) is 0 Å². The van der Waals surface area contributed by atoms with Gasteiger partial charge < -0.3 is 4.90 Å². The third-order valence-corrected chi connectivity index (χ3v) is 5.61. The van der Waals surface area contributed by atoms with Crippen molar-refractivity contribution in [3.05, 3.63) is 106 Å². The van der Waals surface area contributed by atoms with Crippen LogP contribution in [-0.2, 0) is 0 Å². The average Bonchev–Trinajstić information content (AvgIpc) is 3.02. The van der Waals surface area contributed by atoms with Gasteiger partial charge >= 0.3 is 0 Å². The minimum Gasteiger partial charge on any atom is -0.337 e. The number of hydrogen-bond donors (Lipinski definition) is 0. The molecule has 2 atom stereocenters. The topological polar surface area (TPSA) is 38.1 Å². The summed E-state index contributed by atoms with van der Waals surface area (Å²) in [6, 6.07) is 25.3. The lowest BCUT2D eigenvalue weighted by Gasteiger charge is -2.30. The molecule has 1 aliphatic heterocycles. The van der Waals surface area contributed by atoms with E-state index in [0.717, 1.165) is 22.6 Å². The van der Waals surface area contributed by atoms with E-state index in [1.807, 2.05) is 71.3 Å². The molecule has 0 spiro atoms. The fourth-order valence-electron chi connectivity index (χ4n) is 4.06. The lowest BCUT2D eigenvalue weighted by molar-refractivity contribution is 0.581. The molecular formula is C23H18ClN3O. The Kier molecular flexibility index (Phi) is 3.95. The largest absolute Gasteiger partial charge is 0.337 e. The molecule has 138 valence electrons. The minimum atomic E-state index is -0.283. The molecule has 2 heterocycles. The minimum absolute atomic E-state index is 0.0224. The van der Waals surface area contributed by atoms with Crippen LogP contribution in [0.1, 0.15) is 30.5 Å². The number of para-hydroxylation sites is 2. The summed E-state index contributed by atoms with van der Waals surface area (Å²) >= 11 is 6.12. The van der Waals surface area contributed by atoms with Crippen LogP contribution >= 0.6 is 11.6 Å². The molecule has 4 nitrogen and oxygen atoms in total. The SMILES string of the molecule is CC1c2nc3ccccc3c(=O)n2C(c2ccc(Cl)cc2)N1c1ccccc1. The number of nitrogens with zero attached hydrogens (tertiary/aromatic N) is 3. The Labute approximate surface area is 167 Å². The number of hydrogen-bond acceptors (Lipinski definition) is 3. The second-order valence-corrected chi connectivity index (χ2v) is 7.44. The van der Waals surface area contributed by atoms with E-state index in [1.165, 1.54) is 0 Å². The molecule has 4 aromatic rings. The van der Waals surface area contributed by atoms with Crippen molar-refractivity contribution in [3.8, 4) is 0 Å². The van der Waals surface area contributed by atoms with Crippen LogP contribution in [0.15, 0.2) is 83.7 Å². The van der Waals surface area contributed by atoms with E-state index in [-0.39, 0.29) is 17.8 Å². The van der Waals surface area contributed by atoms with Crippen LogP contribution in [-0.4, -0.2) is 9.55 Å². The molecule has 0 saturated carbocycles. The van der Waals surface area contributed by atoms with Crippen molar-refractivity contribution in [1.82, 2.24) is 9.55 Å². The van der Waals surface area contributed by atoms with Crippen LogP contribution in [0.25, 0.3) is 10.9 Å². The molecule has 0 radical (unpaired) electrons. The van der Waals surface area contributed by atoms with Gasteiger partial charge in [0.2, 0.25) is 0 Å². The zero-order chi connectivity index (χ0) is 19.3. The molecule has 0 aliphatic carbocycles. The molecule has 5 heteroatoms. The molecule has 0 amide bonds. The Balaban J connectivity index is 1.81. The first-order valence-corrected chi connectivity index (χ1v) is 9.63. The molecule has 28 heavy (non-hydrogen) atoms. The number of aromatic nitrogens is 2. The Morgan fingerprint density at radius 2 is 1.57 bits per heavy atom. The van der Waals surface area contributed by atoms with Gasteiger partial charge in [-0.25, -0.2) is 4.98 Å². The van der Waals surface area contributed by atoms with E-state index in [2.05, 4.69) is 24.0 Å². The maximum atomic E-state index is 13.5. The fourth-order valence-corrected chi connectivity index (χ4v) is 4.19. The van der Waals surface area contributed by atoms with Crippen LogP contribution in [0.3, 0.4) is 0 Å². The standard InChI is InChI=1S/C23H18ClN3O/c1-15-21-25-20-10-6-5-9-19(20)23(28)27(21)22(16-11-13-17(24)14-12-16)26(15)18-7-3-2-4-8-18/h2-15,22H,1H3. The van der Waals surface area contributed by atoms with Crippen LogP contribution in [0.5, 0.6) is 0 Å². The highest BCUT2D eigenvalue weighted by Gasteiger charge is 2.39. The van der Waals surface area contributed by atoms with Gasteiger partial charge in [0, 0.05) is 10.7 Å². The molecule has 3 aromatic carbocycles. The second-order valence-electron chi connectivity index (χ2n) is 7.01. The first-order chi connectivity index (χ1) is 13.6. The van der Waals surface area contributed by atoms with Gasteiger partial charge in [0.15, 0.2) is 0 Å². The summed E-state index contributed by atoms with van der Waals surface area (Å²) in [4.78, 5) is 20.6. The van der Waals surface area contributed by atoms with Crippen LogP contribution in [0.4, 0.5) is 5.69 Å². The predicted octanol–water partition coefficient (Wildman–Crippen LogP) is 5.18. The molecule has 0 bridgehead atoms. The Hall–Kier alpha value is -3.11. The summed E-state index contributed by atoms with van der Waals surface area (Å²) in [5.74, 6) is 0.771. The lowest BCUT2D eigenvalue weighted by Crippen LogP contribution is -2.32. The van der Waals surface area contributed by atoms with Gasteiger partial charge in [-0.05, 0) is 48.9 Å². The van der Waals surface area contributed by atoms with Crippen LogP contribution < -0.4 is 10.5 Å². The van der Waals surface area contributed by atoms with Gasteiger partial charge in [-0.15, -0.1) is 0 Å². The number of benzene rings is 3. The number of halogens is 1. The summed E-state index contributed by atoms with van der Waals surface area (Å²) in [6.45, 7) is 2.09. The van der Waals surface area contributed by atoms with Crippen molar-refractivity contribution in [2.75, 3.05) is 4.90 Å². The van der Waals surface area contributed by atoms with E-state index in [9.17, 15) is 4.79 Å². The second kappa shape index (κ2) is 6.50. The van der Waals surface area contributed by atoms with E-state index in [0.29, 0.717) is 10.4 Å². The van der Waals surface area contributed by atoms with Crippen molar-refractivity contribution in [3.63, 3.8) is 0 Å². The quantitative estimate of drug-likeness (QED) is 0.475. The summed E-state index contributed by atoms with van der Waals surface area (Å²) in [5.41, 5.74) is 2.75. The number of anilines is 1. The zero-order valence-electron chi connectivity index (χ0n) is 15.3. The first-order valence-electron chi connectivity index (χ1n) is 9.25. The molecule has 2 unspecified atom stereocenters. The van der Waals surface area contributed by atoms with E-state index < -0.39 is 0 Å². The van der Waals surface area contributed by atoms with Gasteiger partial charge in [0.05, 0.1) is 16.9 Å². The Bertz CT molecular complexity index is 1220. The van der Waals surface area contributed by atoms with Crippen molar-refractivity contribution >= 4 is 28.2 Å². The number of fused-ring (bicyclic) bond motifs is 2. The van der Waals surface area contributed by atoms with Crippen molar-refractivity contribution in [2.45, 2.75) is 19.1 Å². The Morgan fingerprint density at radius 3 is 2.32 bits per heavy atom. The molecule has 0 saturated heterocycles. The predicted molar refractivity (Wildman–Crippen MR) is 113 cm³/mol. The molecule has 1 aromatic heterocycles. The summed E-state index contributed by atoms with van der Waals surface area (Å²) in [5, 5.41) is 1.30. The molecule has 5 rings (SSSR count). The highest BCUT2D eigenvalue weighted by Crippen LogP contribution is 2.42. The molecular weight excluding hydrogens is 370 g/mol.